The standard InChI is InChI=1S/C19H31N3O4S/c1-14(2)17-18-15(22(19(17)24)27(3,25)26)9-13-21(18)16(23)8-7-12-20-10-5-4-6-11-20/h7-8,14-15,17-18H,4-6,9-13H2,1-3H3/b8-7+/t15-,17?,18+/m0/s1. The zero-order valence-corrected chi connectivity index (χ0v) is 17.3. The van der Waals surface area contributed by atoms with Gasteiger partial charge in [0, 0.05) is 19.2 Å². The lowest BCUT2D eigenvalue weighted by molar-refractivity contribution is -0.131. The average Bonchev–Trinajstić information content (AvgIpc) is 3.11. The molecular weight excluding hydrogens is 366 g/mol. The molecule has 0 N–H and O–H groups in total. The third-order valence-electron chi connectivity index (χ3n) is 6.02. The van der Waals surface area contributed by atoms with Gasteiger partial charge in [-0.25, -0.2) is 12.7 Å². The Kier molecular flexibility index (Phi) is 5.96. The predicted octanol–water partition coefficient (Wildman–Crippen LogP) is 1.07. The van der Waals surface area contributed by atoms with Crippen molar-refractivity contribution >= 4 is 21.8 Å². The van der Waals surface area contributed by atoms with Crippen LogP contribution >= 0.6 is 0 Å². The molecule has 3 saturated heterocycles. The summed E-state index contributed by atoms with van der Waals surface area (Å²) < 4.78 is 25.4. The molecule has 0 aromatic rings. The van der Waals surface area contributed by atoms with E-state index >= 15 is 0 Å². The summed E-state index contributed by atoms with van der Waals surface area (Å²) in [6.45, 7) is 7.22. The van der Waals surface area contributed by atoms with Crippen LogP contribution in [0.5, 0.6) is 0 Å². The summed E-state index contributed by atoms with van der Waals surface area (Å²) in [5.74, 6) is -0.972. The Morgan fingerprint density at radius 3 is 2.44 bits per heavy atom. The van der Waals surface area contributed by atoms with Gasteiger partial charge in [0.15, 0.2) is 0 Å². The minimum Gasteiger partial charge on any atom is -0.333 e. The van der Waals surface area contributed by atoms with Crippen molar-refractivity contribution in [2.24, 2.45) is 11.8 Å². The second-order valence-corrected chi connectivity index (χ2v) is 10.2. The first kappa shape index (κ1) is 20.3. The van der Waals surface area contributed by atoms with Crippen molar-refractivity contribution in [3.8, 4) is 0 Å². The van der Waals surface area contributed by atoms with E-state index in [4.69, 9.17) is 0 Å². The molecule has 3 fully saturated rings. The second kappa shape index (κ2) is 7.91. The second-order valence-electron chi connectivity index (χ2n) is 8.31. The van der Waals surface area contributed by atoms with Crippen LogP contribution in [0.25, 0.3) is 0 Å². The van der Waals surface area contributed by atoms with Crippen molar-refractivity contribution in [3.63, 3.8) is 0 Å². The van der Waals surface area contributed by atoms with Crippen LogP contribution in [0.1, 0.15) is 39.5 Å². The number of carbonyl (C=O) groups is 2. The quantitative estimate of drug-likeness (QED) is 0.649. The van der Waals surface area contributed by atoms with Gasteiger partial charge in [-0.15, -0.1) is 0 Å². The number of rotatable bonds is 5. The van der Waals surface area contributed by atoms with Crippen LogP contribution in [0.2, 0.25) is 0 Å². The maximum absolute atomic E-state index is 12.8. The van der Waals surface area contributed by atoms with Crippen LogP contribution in [0, 0.1) is 11.8 Å². The minimum atomic E-state index is -3.63. The van der Waals surface area contributed by atoms with Gasteiger partial charge in [0.05, 0.1) is 24.3 Å². The van der Waals surface area contributed by atoms with E-state index in [9.17, 15) is 18.0 Å². The molecule has 1 unspecified atom stereocenters. The predicted molar refractivity (Wildman–Crippen MR) is 103 cm³/mol. The number of sulfonamides is 1. The molecule has 152 valence electrons. The molecule has 0 aliphatic carbocycles. The maximum Gasteiger partial charge on any atom is 0.246 e. The van der Waals surface area contributed by atoms with Gasteiger partial charge in [-0.1, -0.05) is 26.3 Å². The molecule has 0 aromatic carbocycles. The van der Waals surface area contributed by atoms with Crippen LogP contribution in [-0.4, -0.2) is 78.9 Å². The average molecular weight is 398 g/mol. The first-order valence-corrected chi connectivity index (χ1v) is 11.8. The van der Waals surface area contributed by atoms with Gasteiger partial charge in [-0.3, -0.25) is 14.5 Å². The highest BCUT2D eigenvalue weighted by Crippen LogP contribution is 2.41. The van der Waals surface area contributed by atoms with E-state index in [2.05, 4.69) is 4.90 Å². The van der Waals surface area contributed by atoms with E-state index in [-0.39, 0.29) is 23.8 Å². The van der Waals surface area contributed by atoms with E-state index < -0.39 is 22.0 Å². The number of hydrogen-bond acceptors (Lipinski definition) is 5. The summed E-state index contributed by atoms with van der Waals surface area (Å²) in [7, 11) is -3.63. The van der Waals surface area contributed by atoms with Gasteiger partial charge in [0.25, 0.3) is 0 Å². The Labute approximate surface area is 162 Å². The molecule has 3 heterocycles. The van der Waals surface area contributed by atoms with Gasteiger partial charge in [0.2, 0.25) is 21.8 Å². The topological polar surface area (TPSA) is 78.0 Å². The molecule has 7 nitrogen and oxygen atoms in total. The van der Waals surface area contributed by atoms with Crippen LogP contribution in [-0.2, 0) is 19.6 Å². The largest absolute Gasteiger partial charge is 0.333 e. The summed E-state index contributed by atoms with van der Waals surface area (Å²) in [5, 5.41) is 0. The number of piperidine rings is 1. The molecule has 0 radical (unpaired) electrons. The molecule has 0 saturated carbocycles. The highest BCUT2D eigenvalue weighted by atomic mass is 32.2. The van der Waals surface area contributed by atoms with E-state index in [1.807, 2.05) is 19.9 Å². The SMILES string of the molecule is CC(C)C1C(=O)N(S(C)(=O)=O)[C@H]2CCN(C(=O)/C=C/CN3CCCCC3)[C@@H]12. The summed E-state index contributed by atoms with van der Waals surface area (Å²) in [6.07, 6.45) is 8.77. The van der Waals surface area contributed by atoms with Gasteiger partial charge >= 0.3 is 0 Å². The van der Waals surface area contributed by atoms with Crippen molar-refractivity contribution in [2.45, 2.75) is 51.6 Å². The van der Waals surface area contributed by atoms with Gasteiger partial charge < -0.3 is 4.90 Å². The summed E-state index contributed by atoms with van der Waals surface area (Å²) in [6, 6.07) is -0.793. The zero-order chi connectivity index (χ0) is 19.8. The smallest absolute Gasteiger partial charge is 0.246 e. The minimum absolute atomic E-state index is 0.0255. The normalized spacial score (nSPS) is 29.9. The lowest BCUT2D eigenvalue weighted by Crippen LogP contribution is -2.43. The Morgan fingerprint density at radius 1 is 1.19 bits per heavy atom. The molecule has 3 atom stereocenters. The first-order chi connectivity index (χ1) is 12.7. The fourth-order valence-electron chi connectivity index (χ4n) is 4.83. The van der Waals surface area contributed by atoms with Crippen molar-refractivity contribution in [1.82, 2.24) is 14.1 Å². The molecule has 3 rings (SSSR count). The molecule has 0 bridgehead atoms. The molecule has 0 spiro atoms. The molecule has 8 heteroatoms. The fraction of sp³-hybridized carbons (Fsp3) is 0.789. The van der Waals surface area contributed by atoms with Gasteiger partial charge in [0.1, 0.15) is 0 Å². The Morgan fingerprint density at radius 2 is 1.85 bits per heavy atom. The Bertz CT molecular complexity index is 712. The highest BCUT2D eigenvalue weighted by molar-refractivity contribution is 7.88. The molecule has 0 aromatic heterocycles. The van der Waals surface area contributed by atoms with E-state index in [1.54, 1.807) is 11.0 Å². The van der Waals surface area contributed by atoms with Crippen LogP contribution < -0.4 is 0 Å². The van der Waals surface area contributed by atoms with E-state index in [0.717, 1.165) is 30.2 Å². The Balaban J connectivity index is 1.73. The number of carbonyl (C=O) groups excluding carboxylic acids is 2. The van der Waals surface area contributed by atoms with Crippen LogP contribution in [0.4, 0.5) is 0 Å². The van der Waals surface area contributed by atoms with Gasteiger partial charge in [-0.05, 0) is 38.3 Å². The Hall–Kier alpha value is -1.41. The lowest BCUT2D eigenvalue weighted by Gasteiger charge is -2.28. The van der Waals surface area contributed by atoms with Crippen molar-refractivity contribution in [3.05, 3.63) is 12.2 Å². The number of amides is 2. The first-order valence-electron chi connectivity index (χ1n) is 9.94. The maximum atomic E-state index is 12.8. The molecule has 3 aliphatic rings. The number of hydrogen-bond donors (Lipinski definition) is 0. The van der Waals surface area contributed by atoms with Crippen molar-refractivity contribution in [1.29, 1.82) is 0 Å². The van der Waals surface area contributed by atoms with Crippen LogP contribution in [0.15, 0.2) is 12.2 Å². The summed E-state index contributed by atoms with van der Waals surface area (Å²) in [4.78, 5) is 29.6. The van der Waals surface area contributed by atoms with E-state index in [1.165, 1.54) is 19.3 Å². The van der Waals surface area contributed by atoms with Crippen molar-refractivity contribution < 1.29 is 18.0 Å². The van der Waals surface area contributed by atoms with Gasteiger partial charge in [-0.2, -0.15) is 0 Å². The summed E-state index contributed by atoms with van der Waals surface area (Å²) in [5.41, 5.74) is 0. The van der Waals surface area contributed by atoms with Crippen LogP contribution in [0.3, 0.4) is 0 Å². The third kappa shape index (κ3) is 4.06. The molecule has 3 aliphatic heterocycles. The molecular formula is C19H31N3O4S. The third-order valence-corrected chi connectivity index (χ3v) is 7.19. The molecule has 27 heavy (non-hydrogen) atoms. The zero-order valence-electron chi connectivity index (χ0n) is 16.5. The van der Waals surface area contributed by atoms with E-state index in [0.29, 0.717) is 13.0 Å². The monoisotopic (exact) mass is 397 g/mol. The number of fused-ring (bicyclic) bond motifs is 1. The number of likely N-dealkylation sites (tertiary alicyclic amines) is 2. The molecule has 2 amide bonds. The van der Waals surface area contributed by atoms with Crippen molar-refractivity contribution in [2.75, 3.05) is 32.4 Å². The highest BCUT2D eigenvalue weighted by Gasteiger charge is 2.58. The lowest BCUT2D eigenvalue weighted by atomic mass is 9.88. The fourth-order valence-corrected chi connectivity index (χ4v) is 6.00. The number of nitrogens with zero attached hydrogens (tertiary/aromatic N) is 3. The summed E-state index contributed by atoms with van der Waals surface area (Å²) >= 11 is 0.